The normalized spacial score (nSPS) is 20.2. The number of rotatable bonds is 4. The Kier molecular flexibility index (Phi) is 3.98. The Morgan fingerprint density at radius 3 is 2.93 bits per heavy atom. The molecule has 2 unspecified atom stereocenters. The van der Waals surface area contributed by atoms with Gasteiger partial charge in [-0.2, -0.15) is 0 Å². The fraction of sp³-hybridized carbons (Fsp3) is 0.300. The molecular weight excluding hydrogens is 364 g/mol. The SMILES string of the molecule is O=C(O)C1CCCN1C(c1ccc2c(c1)OCO2)c1nc2ccccc2s1. The second-order valence-electron chi connectivity index (χ2n) is 6.77. The van der Waals surface area contributed by atoms with Gasteiger partial charge in [-0.3, -0.25) is 9.69 Å². The number of carboxylic acids is 1. The first-order chi connectivity index (χ1) is 13.2. The van der Waals surface area contributed by atoms with E-state index in [-0.39, 0.29) is 12.8 Å². The lowest BCUT2D eigenvalue weighted by atomic mass is 10.0. The first-order valence-electron chi connectivity index (χ1n) is 8.94. The Balaban J connectivity index is 1.64. The summed E-state index contributed by atoms with van der Waals surface area (Å²) in [5.74, 6) is 0.641. The highest BCUT2D eigenvalue weighted by atomic mass is 32.1. The van der Waals surface area contributed by atoms with Crippen molar-refractivity contribution in [2.45, 2.75) is 24.9 Å². The maximum absolute atomic E-state index is 11.8. The zero-order valence-electron chi connectivity index (χ0n) is 14.5. The lowest BCUT2D eigenvalue weighted by Gasteiger charge is -2.30. The van der Waals surface area contributed by atoms with E-state index in [1.165, 1.54) is 0 Å². The third-order valence-corrected chi connectivity index (χ3v) is 6.26. The number of aromatic nitrogens is 1. The number of carboxylic acid groups (broad SMARTS) is 1. The minimum absolute atomic E-state index is 0.214. The van der Waals surface area contributed by atoms with Gasteiger partial charge in [0.1, 0.15) is 11.0 Å². The molecule has 1 saturated heterocycles. The van der Waals surface area contributed by atoms with Gasteiger partial charge >= 0.3 is 5.97 Å². The van der Waals surface area contributed by atoms with Crippen LogP contribution in [0.2, 0.25) is 0 Å². The standard InChI is InChI=1S/C20H18N2O4S/c23-20(24)14-5-3-9-22(14)18(12-7-8-15-16(10-12)26-11-25-15)19-21-13-4-1-2-6-17(13)27-19/h1-2,4,6-8,10,14,18H,3,5,9,11H2,(H,23,24). The van der Waals surface area contributed by atoms with Gasteiger partial charge in [0.2, 0.25) is 6.79 Å². The summed E-state index contributed by atoms with van der Waals surface area (Å²) in [6.07, 6.45) is 1.52. The molecule has 3 heterocycles. The molecule has 2 atom stereocenters. The second kappa shape index (κ2) is 6.51. The Bertz CT molecular complexity index is 985. The second-order valence-corrected chi connectivity index (χ2v) is 7.83. The van der Waals surface area contributed by atoms with Gasteiger partial charge in [-0.1, -0.05) is 18.2 Å². The van der Waals surface area contributed by atoms with Crippen LogP contribution in [-0.2, 0) is 4.79 Å². The molecule has 2 aromatic carbocycles. The van der Waals surface area contributed by atoms with Crippen molar-refractivity contribution in [2.75, 3.05) is 13.3 Å². The van der Waals surface area contributed by atoms with E-state index < -0.39 is 12.0 Å². The highest BCUT2D eigenvalue weighted by Crippen LogP contribution is 2.42. The molecule has 7 heteroatoms. The van der Waals surface area contributed by atoms with Crippen LogP contribution in [-0.4, -0.2) is 40.3 Å². The summed E-state index contributed by atoms with van der Waals surface area (Å²) in [4.78, 5) is 18.7. The fourth-order valence-corrected chi connectivity index (χ4v) is 5.05. The summed E-state index contributed by atoms with van der Waals surface area (Å²) in [6.45, 7) is 0.943. The van der Waals surface area contributed by atoms with Crippen LogP contribution in [0.4, 0.5) is 0 Å². The maximum atomic E-state index is 11.8. The van der Waals surface area contributed by atoms with Gasteiger partial charge in [-0.25, -0.2) is 4.98 Å². The minimum atomic E-state index is -0.778. The van der Waals surface area contributed by atoms with E-state index in [1.807, 2.05) is 42.5 Å². The molecule has 2 aliphatic rings. The van der Waals surface area contributed by atoms with Gasteiger partial charge in [-0.05, 0) is 42.7 Å². The lowest BCUT2D eigenvalue weighted by molar-refractivity contribution is -0.142. The summed E-state index contributed by atoms with van der Waals surface area (Å²) in [5, 5.41) is 10.6. The van der Waals surface area contributed by atoms with Crippen molar-refractivity contribution < 1.29 is 19.4 Å². The van der Waals surface area contributed by atoms with Crippen molar-refractivity contribution in [3.63, 3.8) is 0 Å². The molecule has 0 spiro atoms. The molecule has 0 bridgehead atoms. The minimum Gasteiger partial charge on any atom is -0.480 e. The summed E-state index contributed by atoms with van der Waals surface area (Å²) in [7, 11) is 0. The molecule has 0 aliphatic carbocycles. The van der Waals surface area contributed by atoms with E-state index >= 15 is 0 Å². The van der Waals surface area contributed by atoms with Crippen LogP contribution < -0.4 is 9.47 Å². The van der Waals surface area contributed by atoms with Crippen LogP contribution in [0, 0.1) is 0 Å². The van der Waals surface area contributed by atoms with E-state index in [0.717, 1.165) is 39.5 Å². The number of nitrogens with zero attached hydrogens (tertiary/aromatic N) is 2. The van der Waals surface area contributed by atoms with Crippen molar-refractivity contribution in [1.29, 1.82) is 0 Å². The van der Waals surface area contributed by atoms with Crippen molar-refractivity contribution >= 4 is 27.5 Å². The van der Waals surface area contributed by atoms with Crippen molar-refractivity contribution in [3.8, 4) is 11.5 Å². The molecule has 138 valence electrons. The highest BCUT2D eigenvalue weighted by Gasteiger charge is 2.38. The quantitative estimate of drug-likeness (QED) is 0.742. The van der Waals surface area contributed by atoms with E-state index in [4.69, 9.17) is 14.5 Å². The number of hydrogen-bond donors (Lipinski definition) is 1. The van der Waals surface area contributed by atoms with Gasteiger partial charge in [-0.15, -0.1) is 11.3 Å². The zero-order chi connectivity index (χ0) is 18.4. The maximum Gasteiger partial charge on any atom is 0.320 e. The Labute approximate surface area is 160 Å². The van der Waals surface area contributed by atoms with Crippen LogP contribution >= 0.6 is 11.3 Å². The predicted molar refractivity (Wildman–Crippen MR) is 101 cm³/mol. The largest absolute Gasteiger partial charge is 0.480 e. The van der Waals surface area contributed by atoms with Gasteiger partial charge in [0, 0.05) is 6.54 Å². The number of para-hydroxylation sites is 1. The van der Waals surface area contributed by atoms with E-state index in [2.05, 4.69) is 4.90 Å². The Morgan fingerprint density at radius 1 is 1.22 bits per heavy atom. The van der Waals surface area contributed by atoms with Gasteiger partial charge in [0.15, 0.2) is 11.5 Å². The molecule has 6 nitrogen and oxygen atoms in total. The predicted octanol–water partition coefficient (Wildman–Crippen LogP) is 3.66. The Hall–Kier alpha value is -2.64. The topological polar surface area (TPSA) is 71.9 Å². The first kappa shape index (κ1) is 16.5. The van der Waals surface area contributed by atoms with Crippen LogP contribution in [0.25, 0.3) is 10.2 Å². The summed E-state index contributed by atoms with van der Waals surface area (Å²) in [5.41, 5.74) is 1.92. The smallest absolute Gasteiger partial charge is 0.320 e. The van der Waals surface area contributed by atoms with Crippen LogP contribution in [0.15, 0.2) is 42.5 Å². The number of benzene rings is 2. The van der Waals surface area contributed by atoms with Crippen LogP contribution in [0.1, 0.15) is 29.5 Å². The van der Waals surface area contributed by atoms with Crippen molar-refractivity contribution in [2.24, 2.45) is 0 Å². The number of fused-ring (bicyclic) bond motifs is 2. The first-order valence-corrected chi connectivity index (χ1v) is 9.76. The molecule has 27 heavy (non-hydrogen) atoms. The zero-order valence-corrected chi connectivity index (χ0v) is 15.3. The van der Waals surface area contributed by atoms with E-state index in [0.29, 0.717) is 12.2 Å². The number of likely N-dealkylation sites (tertiary alicyclic amines) is 1. The molecule has 1 fully saturated rings. The fourth-order valence-electron chi connectivity index (χ4n) is 3.93. The molecule has 1 aromatic heterocycles. The molecule has 5 rings (SSSR count). The number of ether oxygens (including phenoxy) is 2. The monoisotopic (exact) mass is 382 g/mol. The number of aliphatic carboxylic acids is 1. The molecule has 0 radical (unpaired) electrons. The van der Waals surface area contributed by atoms with E-state index in [1.54, 1.807) is 11.3 Å². The molecule has 1 N–H and O–H groups in total. The summed E-state index contributed by atoms with van der Waals surface area (Å²) >= 11 is 1.62. The molecule has 2 aliphatic heterocycles. The lowest BCUT2D eigenvalue weighted by Crippen LogP contribution is -2.39. The summed E-state index contributed by atoms with van der Waals surface area (Å²) < 4.78 is 12.1. The molecule has 0 amide bonds. The Morgan fingerprint density at radius 2 is 2.07 bits per heavy atom. The number of carbonyl (C=O) groups is 1. The van der Waals surface area contributed by atoms with Gasteiger partial charge in [0.25, 0.3) is 0 Å². The number of hydrogen-bond acceptors (Lipinski definition) is 6. The van der Waals surface area contributed by atoms with Crippen molar-refractivity contribution in [3.05, 3.63) is 53.0 Å². The molecule has 3 aromatic rings. The van der Waals surface area contributed by atoms with Crippen molar-refractivity contribution in [1.82, 2.24) is 9.88 Å². The van der Waals surface area contributed by atoms with E-state index in [9.17, 15) is 9.90 Å². The molecule has 0 saturated carbocycles. The van der Waals surface area contributed by atoms with Crippen LogP contribution in [0.5, 0.6) is 11.5 Å². The molecular formula is C20H18N2O4S. The average molecular weight is 382 g/mol. The average Bonchev–Trinajstić information content (AvgIpc) is 3.40. The third-order valence-electron chi connectivity index (χ3n) is 5.17. The third kappa shape index (κ3) is 2.83. The van der Waals surface area contributed by atoms with Crippen LogP contribution in [0.3, 0.4) is 0 Å². The number of thiazole rings is 1. The van der Waals surface area contributed by atoms with Gasteiger partial charge < -0.3 is 14.6 Å². The van der Waals surface area contributed by atoms with Gasteiger partial charge in [0.05, 0.1) is 16.3 Å². The highest BCUT2D eigenvalue weighted by molar-refractivity contribution is 7.18. The summed E-state index contributed by atoms with van der Waals surface area (Å²) in [6, 6.07) is 13.1.